The van der Waals surface area contributed by atoms with E-state index in [-0.39, 0.29) is 93.8 Å². The fourth-order valence-electron chi connectivity index (χ4n) is 16.4. The van der Waals surface area contributed by atoms with Crippen molar-refractivity contribution < 1.29 is 33.2 Å². The Morgan fingerprint density at radius 1 is 0.276 bits per heavy atom. The van der Waals surface area contributed by atoms with Crippen LogP contribution in [0.2, 0.25) is 0 Å². The summed E-state index contributed by atoms with van der Waals surface area (Å²) in [6.07, 6.45) is 0. The zero-order valence-corrected chi connectivity index (χ0v) is 57.8. The van der Waals surface area contributed by atoms with Gasteiger partial charge in [0.25, 0.3) is 6.71 Å². The summed E-state index contributed by atoms with van der Waals surface area (Å²) in [7, 11) is 0. The van der Waals surface area contributed by atoms with Gasteiger partial charge in [0.1, 0.15) is 0 Å². The molecular weight excluding hydrogens is 1270 g/mol. The molecule has 0 saturated carbocycles. The highest BCUT2D eigenvalue weighted by Gasteiger charge is 2.45. The van der Waals surface area contributed by atoms with Crippen LogP contribution in [0, 0.1) is 0 Å². The molecule has 0 unspecified atom stereocenters. The van der Waals surface area contributed by atoms with Crippen LogP contribution in [0.3, 0.4) is 0 Å². The van der Waals surface area contributed by atoms with Crippen LogP contribution in [-0.2, 0) is 10.8 Å². The topological polar surface area (TPSA) is 34.4 Å². The third-order valence-corrected chi connectivity index (χ3v) is 21.3. The Labute approximate surface area is 639 Å². The van der Waals surface area contributed by atoms with Gasteiger partial charge in [-0.3, -0.25) is 0 Å². The lowest BCUT2D eigenvalue weighted by atomic mass is 9.33. The van der Waals surface area contributed by atoms with E-state index >= 15 is 0 Å². The first-order valence-corrected chi connectivity index (χ1v) is 35.0. The fourth-order valence-corrected chi connectivity index (χ4v) is 16.4. The lowest BCUT2D eigenvalue weighted by Crippen LogP contribution is -2.61. The van der Waals surface area contributed by atoms with Crippen LogP contribution in [0.1, 0.15) is 81.5 Å². The van der Waals surface area contributed by atoms with Crippen molar-refractivity contribution in [2.45, 2.75) is 52.4 Å². The second kappa shape index (κ2) is 22.8. The minimum atomic E-state index is -0.860. The highest BCUT2D eigenvalue weighted by atomic mass is 16.3. The number of benzene rings is 15. The predicted molar refractivity (Wildman–Crippen MR) is 444 cm³/mol. The summed E-state index contributed by atoms with van der Waals surface area (Å²) >= 11 is 0. The number of hydrogen-bond donors (Lipinski definition) is 0. The van der Waals surface area contributed by atoms with E-state index in [9.17, 15) is 19.2 Å². The number of aromatic nitrogens is 3. The second-order valence-corrected chi connectivity index (χ2v) is 29.3. The van der Waals surface area contributed by atoms with Gasteiger partial charge in [0, 0.05) is 82.9 Å². The molecule has 6 heterocycles. The summed E-state index contributed by atoms with van der Waals surface area (Å²) in [6.45, 7) is 12.3. The Morgan fingerprint density at radius 2 is 0.705 bits per heavy atom. The predicted octanol–water partition coefficient (Wildman–Crippen LogP) is 24.6. The van der Waals surface area contributed by atoms with Gasteiger partial charge in [-0.15, -0.1) is 0 Å². The van der Waals surface area contributed by atoms with Gasteiger partial charge in [0.15, 0.2) is 11.2 Å². The molecule has 21 rings (SSSR count). The summed E-state index contributed by atoms with van der Waals surface area (Å²) in [5.74, 6) is 0. The lowest BCUT2D eigenvalue weighted by molar-refractivity contribution is 0.590. The van der Waals surface area contributed by atoms with Crippen molar-refractivity contribution in [1.29, 1.82) is 0 Å². The van der Waals surface area contributed by atoms with Crippen LogP contribution in [0.25, 0.3) is 138 Å². The van der Waals surface area contributed by atoms with Gasteiger partial charge in [0.2, 0.25) is 0 Å². The minimum Gasteiger partial charge on any atom is -0.452 e. The highest BCUT2D eigenvalue weighted by molar-refractivity contribution is 7.00. The summed E-state index contributed by atoms with van der Waals surface area (Å²) < 4.78 is 210. The van der Waals surface area contributed by atoms with E-state index in [1.165, 1.54) is 9.13 Å². The average molecular weight is 1370 g/mol. The average Bonchev–Trinajstić information content (AvgIpc) is 1.08. The molecule has 0 spiro atoms. The van der Waals surface area contributed by atoms with E-state index < -0.39 is 134 Å². The molecule has 498 valence electrons. The quantitative estimate of drug-likeness (QED) is 0.142. The van der Waals surface area contributed by atoms with Gasteiger partial charge in [-0.05, 0) is 187 Å². The molecule has 0 saturated heterocycles. The molecule has 19 aromatic rings. The number of rotatable bonds is 8. The molecule has 15 aromatic carbocycles. The summed E-state index contributed by atoms with van der Waals surface area (Å²) in [5, 5.41) is 2.34. The standard InChI is InChI=1S/C98H72BN5O/c1-97(2,3)67-44-50-86-78(57-67)79-58-68(98(4,5)6)45-51-87(79)101(86)69-46-48-80-90(59-69)102(71-53-64(61-26-10-7-11-27-61)52-65(54-71)62-28-12-8-13-29-62)92-55-66(63-30-14-9-15-31-63)56-93-94(92)99(80)81-49-47-70(100-82-38-20-16-32-72(82)73-33-17-21-39-83(73)100)60-91(81)104(93)89-43-25-37-77-76-36-24-42-88(95(76)105-96(77)89)103-84-40-22-18-34-74(84)75-35-19-23-41-85(75)103/h7-60H,1-6H3/i9D,14D,15D,16D,17D,18D,19D,20D,21D,22D,23D,30D,31D,32D,33D,34D,35D,38D,39D,40D,41D. The normalized spacial score (nSPS) is 15.8. The number of anilines is 6. The molecule has 0 amide bonds. The molecule has 6 nitrogen and oxygen atoms in total. The number of fused-ring (bicyclic) bond motifs is 16. The molecule has 0 fully saturated rings. The molecule has 0 radical (unpaired) electrons. The first-order valence-electron chi connectivity index (χ1n) is 45.5. The molecule has 0 N–H and O–H groups in total. The van der Waals surface area contributed by atoms with Gasteiger partial charge >= 0.3 is 0 Å². The van der Waals surface area contributed by atoms with E-state index in [0.717, 1.165) is 66.3 Å². The van der Waals surface area contributed by atoms with E-state index in [1.807, 2.05) is 89.8 Å². The van der Waals surface area contributed by atoms with Crippen molar-refractivity contribution in [2.24, 2.45) is 0 Å². The second-order valence-electron chi connectivity index (χ2n) is 29.3. The number of furan rings is 1. The van der Waals surface area contributed by atoms with E-state index in [4.69, 9.17) is 14.0 Å². The smallest absolute Gasteiger partial charge is 0.252 e. The maximum atomic E-state index is 10.0. The van der Waals surface area contributed by atoms with Crippen LogP contribution < -0.4 is 26.2 Å². The van der Waals surface area contributed by atoms with Crippen LogP contribution in [0.5, 0.6) is 0 Å². The van der Waals surface area contributed by atoms with E-state index in [0.29, 0.717) is 50.1 Å². The SMILES string of the molecule is [2H]c1c([2H])c([2H])c(-c2cc3c4c(c2)N(c2cccc5c2oc2c(-n6c7c([2H])c([2H])c([2H])c([2H])c7c7c([2H])c([2H])c([2H])c([2H])c76)cccc25)c2cc(-n5c6c([2H])c([2H])c([2H])c([2H])c6c6c([2H])c([2H])c([2H])c([2H])c65)ccc2B4c2ccc(-n4c5ccc(C(C)(C)C)cc5c5cc(C(C)(C)C)ccc54)cc2N3c2cc(-c3ccccc3)cc(-c3ccccc3)c2)c([2H])c1[2H]. The van der Waals surface area contributed by atoms with Gasteiger partial charge in [-0.2, -0.15) is 0 Å². The van der Waals surface area contributed by atoms with Crippen LogP contribution in [0.4, 0.5) is 34.1 Å². The largest absolute Gasteiger partial charge is 0.452 e. The molecule has 7 heteroatoms. The molecular formula is C98H72BN5O. The van der Waals surface area contributed by atoms with Crippen molar-refractivity contribution in [1.82, 2.24) is 13.7 Å². The number of hydrogen-bond acceptors (Lipinski definition) is 3. The molecule has 2 aliphatic heterocycles. The van der Waals surface area contributed by atoms with Gasteiger partial charge in [-0.25, -0.2) is 0 Å². The van der Waals surface area contributed by atoms with Crippen LogP contribution in [0.15, 0.2) is 331 Å². The van der Waals surface area contributed by atoms with Crippen LogP contribution >= 0.6 is 0 Å². The van der Waals surface area contributed by atoms with E-state index in [2.05, 4.69) is 124 Å². The maximum Gasteiger partial charge on any atom is 0.252 e. The fraction of sp³-hybridized carbons (Fsp3) is 0.0816. The summed E-state index contributed by atoms with van der Waals surface area (Å²) in [6, 6.07) is 53.7. The number of nitrogens with zero attached hydrogens (tertiary/aromatic N) is 5. The molecule has 4 aromatic heterocycles. The molecule has 0 atom stereocenters. The van der Waals surface area contributed by atoms with Gasteiger partial charge < -0.3 is 27.9 Å². The van der Waals surface area contributed by atoms with Crippen molar-refractivity contribution in [3.8, 4) is 50.4 Å². The van der Waals surface area contributed by atoms with Gasteiger partial charge in [-0.1, -0.05) is 253 Å². The Kier molecular flexibility index (Phi) is 9.39. The Bertz CT molecular complexity index is 7850. The molecule has 105 heavy (non-hydrogen) atoms. The van der Waals surface area contributed by atoms with Crippen molar-refractivity contribution in [2.75, 3.05) is 9.80 Å². The summed E-state index contributed by atoms with van der Waals surface area (Å²) in [5.41, 5.74) is 12.6. The third-order valence-electron chi connectivity index (χ3n) is 21.3. The van der Waals surface area contributed by atoms with Crippen molar-refractivity contribution in [3.63, 3.8) is 0 Å². The first kappa shape index (κ1) is 43.2. The zero-order valence-electron chi connectivity index (χ0n) is 78.8. The Morgan fingerprint density at radius 3 is 1.21 bits per heavy atom. The maximum absolute atomic E-state index is 10.0. The van der Waals surface area contributed by atoms with Gasteiger partial charge in [0.05, 0.1) is 73.3 Å². The first-order chi connectivity index (χ1) is 60.1. The monoisotopic (exact) mass is 1370 g/mol. The highest BCUT2D eigenvalue weighted by Crippen LogP contribution is 2.52. The summed E-state index contributed by atoms with van der Waals surface area (Å²) in [4.78, 5) is 4.11. The van der Waals surface area contributed by atoms with E-state index in [1.54, 1.807) is 42.5 Å². The zero-order chi connectivity index (χ0) is 88.4. The van der Waals surface area contributed by atoms with Crippen molar-refractivity contribution >= 4 is 145 Å². The Balaban J connectivity index is 0.940. The van der Waals surface area contributed by atoms with Crippen LogP contribution in [-0.4, -0.2) is 20.4 Å². The van der Waals surface area contributed by atoms with Crippen molar-refractivity contribution in [3.05, 3.63) is 338 Å². The number of para-hydroxylation sites is 6. The molecule has 0 bridgehead atoms. The minimum absolute atomic E-state index is 0.0989. The third kappa shape index (κ3) is 9.30. The molecule has 0 aliphatic carbocycles. The molecule has 2 aliphatic rings. The Hall–Kier alpha value is -12.8. The lowest BCUT2D eigenvalue weighted by Gasteiger charge is -2.44.